The van der Waals surface area contributed by atoms with E-state index in [4.69, 9.17) is 13.9 Å². The maximum Gasteiger partial charge on any atom is 0.322 e. The Morgan fingerprint density at radius 1 is 1.22 bits per heavy atom. The molecule has 1 aromatic carbocycles. The van der Waals surface area contributed by atoms with Crippen LogP contribution in [0.3, 0.4) is 0 Å². The number of anilines is 1. The largest absolute Gasteiger partial charge is 0.497 e. The van der Waals surface area contributed by atoms with Crippen molar-refractivity contribution in [2.75, 3.05) is 32.3 Å². The quantitative estimate of drug-likeness (QED) is 0.770. The molecule has 2 heterocycles. The van der Waals surface area contributed by atoms with Crippen LogP contribution in [0, 0.1) is 0 Å². The summed E-state index contributed by atoms with van der Waals surface area (Å²) in [5.74, 6) is 0.746. The molecule has 1 atom stereocenters. The maximum atomic E-state index is 12.4. The predicted octanol–water partition coefficient (Wildman–Crippen LogP) is 1.12. The molecule has 11 heteroatoms. The van der Waals surface area contributed by atoms with Gasteiger partial charge in [-0.2, -0.15) is 4.31 Å². The number of nitrogens with zero attached hydrogens (tertiary/aromatic N) is 3. The highest BCUT2D eigenvalue weighted by Crippen LogP contribution is 2.30. The van der Waals surface area contributed by atoms with Crippen molar-refractivity contribution < 1.29 is 27.1 Å². The third-order valence-electron chi connectivity index (χ3n) is 4.19. The second-order valence-corrected chi connectivity index (χ2v) is 7.97. The summed E-state index contributed by atoms with van der Waals surface area (Å²) in [5.41, 5.74) is 0.554. The smallest absolute Gasteiger partial charge is 0.322 e. The Kier molecular flexibility index (Phi) is 5.33. The molecule has 1 aliphatic heterocycles. The fourth-order valence-corrected chi connectivity index (χ4v) is 4.03. The molecule has 1 aliphatic rings. The Hall–Kier alpha value is -2.66. The molecule has 0 spiro atoms. The van der Waals surface area contributed by atoms with Gasteiger partial charge in [0.25, 0.3) is 0 Å². The van der Waals surface area contributed by atoms with Crippen LogP contribution >= 0.6 is 0 Å². The minimum Gasteiger partial charge on any atom is -0.497 e. The molecule has 1 fully saturated rings. The van der Waals surface area contributed by atoms with Gasteiger partial charge < -0.3 is 13.9 Å². The van der Waals surface area contributed by atoms with E-state index in [0.29, 0.717) is 36.4 Å². The van der Waals surface area contributed by atoms with Gasteiger partial charge in [0, 0.05) is 18.2 Å². The Balaban J connectivity index is 1.78. The van der Waals surface area contributed by atoms with E-state index in [1.807, 2.05) is 0 Å². The van der Waals surface area contributed by atoms with E-state index in [1.165, 1.54) is 18.5 Å². The molecule has 3 rings (SSSR count). The number of rotatable bonds is 6. The third-order valence-corrected chi connectivity index (χ3v) is 5.47. The molecular weight excluding hydrogens is 376 g/mol. The minimum absolute atomic E-state index is 0.114. The average molecular weight is 396 g/mol. The number of amides is 1. The van der Waals surface area contributed by atoms with Crippen molar-refractivity contribution in [3.05, 3.63) is 18.2 Å². The molecule has 2 aromatic rings. The number of carbonyl (C=O) groups is 1. The van der Waals surface area contributed by atoms with E-state index >= 15 is 0 Å². The van der Waals surface area contributed by atoms with E-state index in [-0.39, 0.29) is 11.9 Å². The number of hydrogen-bond donors (Lipinski definition) is 1. The second-order valence-electron chi connectivity index (χ2n) is 6.03. The number of hydrogen-bond acceptors (Lipinski definition) is 8. The lowest BCUT2D eigenvalue weighted by Gasteiger charge is -2.20. The number of ether oxygens (including phenoxy) is 2. The van der Waals surface area contributed by atoms with Crippen LogP contribution < -0.4 is 14.8 Å². The number of carbonyl (C=O) groups excluding carboxylic acids is 1. The number of aromatic nitrogens is 2. The molecule has 1 aromatic heterocycles. The summed E-state index contributed by atoms with van der Waals surface area (Å²) in [5, 5.41) is 10.2. The van der Waals surface area contributed by atoms with Crippen LogP contribution in [0.15, 0.2) is 22.6 Å². The van der Waals surface area contributed by atoms with Crippen LogP contribution in [-0.2, 0) is 14.8 Å². The highest BCUT2D eigenvalue weighted by molar-refractivity contribution is 7.88. The normalized spacial score (nSPS) is 17.7. The minimum atomic E-state index is -3.46. The summed E-state index contributed by atoms with van der Waals surface area (Å²) < 4.78 is 40.6. The first-order chi connectivity index (χ1) is 12.8. The molecule has 1 saturated heterocycles. The highest BCUT2D eigenvalue weighted by atomic mass is 32.2. The predicted molar refractivity (Wildman–Crippen MR) is 96.0 cm³/mol. The first kappa shape index (κ1) is 19.1. The number of benzene rings is 1. The van der Waals surface area contributed by atoms with Crippen molar-refractivity contribution in [2.45, 2.75) is 18.9 Å². The van der Waals surface area contributed by atoms with E-state index < -0.39 is 22.0 Å². The fourth-order valence-electron chi connectivity index (χ4n) is 2.91. The van der Waals surface area contributed by atoms with E-state index in [9.17, 15) is 13.2 Å². The topological polar surface area (TPSA) is 124 Å². The van der Waals surface area contributed by atoms with Gasteiger partial charge in [-0.3, -0.25) is 10.1 Å². The first-order valence-corrected chi connectivity index (χ1v) is 10.0. The van der Waals surface area contributed by atoms with Crippen LogP contribution in [0.4, 0.5) is 6.01 Å². The maximum absolute atomic E-state index is 12.4. The van der Waals surface area contributed by atoms with Gasteiger partial charge in [-0.15, -0.1) is 5.10 Å². The van der Waals surface area contributed by atoms with E-state index in [1.54, 1.807) is 18.2 Å². The SMILES string of the molecule is COc1cc(OC)cc(-c2nnc(NC(=O)C3CCCN3S(C)(=O)=O)o2)c1. The van der Waals surface area contributed by atoms with Crippen molar-refractivity contribution in [3.63, 3.8) is 0 Å². The molecule has 0 aliphatic carbocycles. The molecular formula is C16H20N4O6S. The number of sulfonamides is 1. The zero-order valence-electron chi connectivity index (χ0n) is 15.1. The molecule has 1 N–H and O–H groups in total. The Morgan fingerprint density at radius 3 is 2.48 bits per heavy atom. The number of nitrogens with one attached hydrogen (secondary N) is 1. The highest BCUT2D eigenvalue weighted by Gasteiger charge is 2.37. The molecule has 0 saturated carbocycles. The Bertz CT molecular complexity index is 920. The van der Waals surface area contributed by atoms with Gasteiger partial charge in [-0.05, 0) is 25.0 Å². The van der Waals surface area contributed by atoms with Gasteiger partial charge >= 0.3 is 6.01 Å². The molecule has 1 amide bonds. The lowest BCUT2D eigenvalue weighted by Crippen LogP contribution is -2.42. The van der Waals surface area contributed by atoms with Gasteiger partial charge in [0.05, 0.1) is 20.5 Å². The molecule has 10 nitrogen and oxygen atoms in total. The first-order valence-electron chi connectivity index (χ1n) is 8.16. The van der Waals surface area contributed by atoms with Crippen LogP contribution in [0.5, 0.6) is 11.5 Å². The summed E-state index contributed by atoms with van der Waals surface area (Å²) in [4.78, 5) is 12.4. The van der Waals surface area contributed by atoms with Crippen LogP contribution in [0.2, 0.25) is 0 Å². The van der Waals surface area contributed by atoms with E-state index in [0.717, 1.165) is 6.26 Å². The van der Waals surface area contributed by atoms with Crippen LogP contribution in [0.1, 0.15) is 12.8 Å². The molecule has 27 heavy (non-hydrogen) atoms. The Morgan fingerprint density at radius 2 is 1.89 bits per heavy atom. The van der Waals surface area contributed by atoms with Gasteiger partial charge in [0.1, 0.15) is 17.5 Å². The zero-order valence-corrected chi connectivity index (χ0v) is 15.9. The van der Waals surface area contributed by atoms with Gasteiger partial charge in [-0.25, -0.2) is 8.42 Å². The number of methoxy groups -OCH3 is 2. The second kappa shape index (κ2) is 7.53. The average Bonchev–Trinajstić information content (AvgIpc) is 3.30. The molecule has 0 radical (unpaired) electrons. The summed E-state index contributed by atoms with van der Waals surface area (Å²) in [6.45, 7) is 0.315. The van der Waals surface area contributed by atoms with Crippen LogP contribution in [-0.4, -0.2) is 61.9 Å². The molecule has 1 unspecified atom stereocenters. The van der Waals surface area contributed by atoms with Crippen molar-refractivity contribution in [3.8, 4) is 23.0 Å². The molecule has 146 valence electrons. The monoisotopic (exact) mass is 396 g/mol. The third kappa shape index (κ3) is 4.19. The lowest BCUT2D eigenvalue weighted by atomic mass is 10.2. The van der Waals surface area contributed by atoms with Crippen LogP contribution in [0.25, 0.3) is 11.5 Å². The van der Waals surface area contributed by atoms with E-state index in [2.05, 4.69) is 15.5 Å². The fraction of sp³-hybridized carbons (Fsp3) is 0.438. The Labute approximate surface area is 156 Å². The standard InChI is InChI=1S/C16H20N4O6S/c1-24-11-7-10(8-12(9-11)25-2)15-18-19-16(26-15)17-14(21)13-5-4-6-20(13)27(3,22)23/h7-9,13H,4-6H2,1-3H3,(H,17,19,21). The van der Waals surface area contributed by atoms with Crippen molar-refractivity contribution in [2.24, 2.45) is 0 Å². The summed E-state index contributed by atoms with van der Waals surface area (Å²) >= 11 is 0. The van der Waals surface area contributed by atoms with Crippen molar-refractivity contribution in [1.82, 2.24) is 14.5 Å². The van der Waals surface area contributed by atoms with Crippen molar-refractivity contribution >= 4 is 21.9 Å². The van der Waals surface area contributed by atoms with Crippen molar-refractivity contribution in [1.29, 1.82) is 0 Å². The summed E-state index contributed by atoms with van der Waals surface area (Å²) in [6.07, 6.45) is 2.14. The summed E-state index contributed by atoms with van der Waals surface area (Å²) in [7, 11) is -0.422. The summed E-state index contributed by atoms with van der Waals surface area (Å²) in [6, 6.07) is 4.17. The molecule has 0 bridgehead atoms. The zero-order chi connectivity index (χ0) is 19.6. The van der Waals surface area contributed by atoms with Gasteiger partial charge in [0.2, 0.25) is 21.8 Å². The van der Waals surface area contributed by atoms with Gasteiger partial charge in [-0.1, -0.05) is 5.10 Å². The lowest BCUT2D eigenvalue weighted by molar-refractivity contribution is -0.119. The van der Waals surface area contributed by atoms with Gasteiger partial charge in [0.15, 0.2) is 0 Å².